The summed E-state index contributed by atoms with van der Waals surface area (Å²) >= 11 is 1.83. The van der Waals surface area contributed by atoms with E-state index in [0.717, 1.165) is 41.2 Å². The predicted molar refractivity (Wildman–Crippen MR) is 118 cm³/mol. The third-order valence-electron chi connectivity index (χ3n) is 4.63. The van der Waals surface area contributed by atoms with Crippen LogP contribution in [0.3, 0.4) is 0 Å². The molecule has 2 aromatic carbocycles. The zero-order chi connectivity index (χ0) is 19.4. The molecule has 0 fully saturated rings. The lowest BCUT2D eigenvalue weighted by Crippen LogP contribution is -2.16. The van der Waals surface area contributed by atoms with Crippen LogP contribution in [0.15, 0.2) is 48.7 Å². The zero-order valence-electron chi connectivity index (χ0n) is 16.5. The van der Waals surface area contributed by atoms with E-state index in [9.17, 15) is 4.79 Å². The van der Waals surface area contributed by atoms with Crippen molar-refractivity contribution in [3.8, 4) is 0 Å². The van der Waals surface area contributed by atoms with Crippen LogP contribution in [-0.2, 0) is 7.05 Å². The van der Waals surface area contributed by atoms with Crippen LogP contribution in [0.2, 0.25) is 0 Å². The lowest BCUT2D eigenvalue weighted by molar-refractivity contribution is 0.102. The summed E-state index contributed by atoms with van der Waals surface area (Å²) < 4.78 is 4.33. The van der Waals surface area contributed by atoms with E-state index in [4.69, 9.17) is 0 Å². The fourth-order valence-electron chi connectivity index (χ4n) is 3.15. The number of hydrogen-bond acceptors (Lipinski definition) is 3. The first-order chi connectivity index (χ1) is 13.0. The van der Waals surface area contributed by atoms with Crippen LogP contribution in [0, 0.1) is 6.92 Å². The Labute approximate surface area is 165 Å². The molecule has 1 N–H and O–H groups in total. The number of aryl methyl sites for hydroxylation is 2. The van der Waals surface area contributed by atoms with Gasteiger partial charge in [-0.1, -0.05) is 13.0 Å². The van der Waals surface area contributed by atoms with Crippen molar-refractivity contribution in [3.05, 3.63) is 59.8 Å². The second-order valence-corrected chi connectivity index (χ2v) is 7.79. The summed E-state index contributed by atoms with van der Waals surface area (Å²) in [6, 6.07) is 14.1. The number of aromatic nitrogens is 1. The van der Waals surface area contributed by atoms with E-state index in [-0.39, 0.29) is 5.91 Å². The number of hydrogen-bond donors (Lipinski definition) is 1. The molecule has 1 amide bonds. The molecule has 1 heterocycles. The van der Waals surface area contributed by atoms with Gasteiger partial charge in [-0.25, -0.2) is 0 Å². The van der Waals surface area contributed by atoms with Crippen LogP contribution in [0.25, 0.3) is 10.9 Å². The van der Waals surface area contributed by atoms with Gasteiger partial charge in [-0.05, 0) is 79.6 Å². The summed E-state index contributed by atoms with van der Waals surface area (Å²) in [6.07, 6.45) is 3.17. The summed E-state index contributed by atoms with van der Waals surface area (Å²) in [7, 11) is 2.01. The number of nitrogens with zero attached hydrogens (tertiary/aromatic N) is 2. The Hall–Kier alpha value is -2.40. The molecular weight excluding hydrogens is 354 g/mol. The van der Waals surface area contributed by atoms with E-state index < -0.39 is 0 Å². The number of fused-ring (bicyclic) bond motifs is 1. The average Bonchev–Trinajstić information content (AvgIpc) is 3.03. The third kappa shape index (κ3) is 4.30. The number of carbonyl (C=O) groups is 1. The van der Waals surface area contributed by atoms with Crippen molar-refractivity contribution in [3.63, 3.8) is 0 Å². The van der Waals surface area contributed by atoms with Gasteiger partial charge in [0.1, 0.15) is 0 Å². The highest BCUT2D eigenvalue weighted by Crippen LogP contribution is 2.26. The molecule has 0 spiro atoms. The van der Waals surface area contributed by atoms with Crippen LogP contribution >= 0.6 is 11.9 Å². The lowest BCUT2D eigenvalue weighted by Gasteiger charge is -2.22. The van der Waals surface area contributed by atoms with Crippen LogP contribution in [0.1, 0.15) is 36.2 Å². The summed E-state index contributed by atoms with van der Waals surface area (Å²) in [5.74, 6) is 1.02. The van der Waals surface area contributed by atoms with Crippen molar-refractivity contribution in [1.29, 1.82) is 0 Å². The number of benzene rings is 2. The van der Waals surface area contributed by atoms with E-state index >= 15 is 0 Å². The SMILES string of the molecule is CCCSN(CC)c1ccc(C(=O)Nc2ccc3ccn(C)c3c2)c(C)c1. The molecule has 3 rings (SSSR count). The topological polar surface area (TPSA) is 37.3 Å². The Morgan fingerprint density at radius 1 is 1.15 bits per heavy atom. The Morgan fingerprint density at radius 3 is 2.67 bits per heavy atom. The quantitative estimate of drug-likeness (QED) is 0.539. The van der Waals surface area contributed by atoms with Gasteiger partial charge in [-0.15, -0.1) is 0 Å². The lowest BCUT2D eigenvalue weighted by atomic mass is 10.1. The second kappa shape index (κ2) is 8.53. The van der Waals surface area contributed by atoms with E-state index in [1.165, 1.54) is 5.39 Å². The molecule has 27 heavy (non-hydrogen) atoms. The maximum absolute atomic E-state index is 12.8. The smallest absolute Gasteiger partial charge is 0.255 e. The van der Waals surface area contributed by atoms with Crippen molar-refractivity contribution in [1.82, 2.24) is 4.57 Å². The number of rotatable bonds is 7. The minimum absolute atomic E-state index is 0.0723. The van der Waals surface area contributed by atoms with Gasteiger partial charge in [0.25, 0.3) is 5.91 Å². The molecule has 142 valence electrons. The molecule has 1 aromatic heterocycles. The molecule has 0 aliphatic heterocycles. The van der Waals surface area contributed by atoms with Crippen LogP contribution < -0.4 is 9.62 Å². The van der Waals surface area contributed by atoms with Gasteiger partial charge in [-0.2, -0.15) is 0 Å². The second-order valence-electron chi connectivity index (χ2n) is 6.68. The van der Waals surface area contributed by atoms with Gasteiger partial charge in [-0.3, -0.25) is 4.79 Å². The van der Waals surface area contributed by atoms with Crippen molar-refractivity contribution in [2.45, 2.75) is 27.2 Å². The Kier molecular flexibility index (Phi) is 6.11. The highest BCUT2D eigenvalue weighted by molar-refractivity contribution is 8.00. The normalized spacial score (nSPS) is 11.0. The summed E-state index contributed by atoms with van der Waals surface area (Å²) in [6.45, 7) is 7.27. The number of anilines is 2. The van der Waals surface area contributed by atoms with Gasteiger partial charge in [0.05, 0.1) is 0 Å². The molecule has 0 saturated carbocycles. The predicted octanol–water partition coefficient (Wildman–Crippen LogP) is 5.62. The molecule has 5 heteroatoms. The van der Waals surface area contributed by atoms with Gasteiger partial charge >= 0.3 is 0 Å². The van der Waals surface area contributed by atoms with Gasteiger partial charge in [0.2, 0.25) is 0 Å². The fourth-order valence-corrected chi connectivity index (χ4v) is 3.99. The largest absolute Gasteiger partial charge is 0.350 e. The minimum Gasteiger partial charge on any atom is -0.350 e. The van der Waals surface area contributed by atoms with E-state index in [0.29, 0.717) is 5.56 Å². The molecule has 4 nitrogen and oxygen atoms in total. The maximum atomic E-state index is 12.8. The molecule has 0 saturated heterocycles. The van der Waals surface area contributed by atoms with E-state index in [1.807, 2.05) is 62.4 Å². The van der Waals surface area contributed by atoms with E-state index in [2.05, 4.69) is 40.2 Å². The van der Waals surface area contributed by atoms with Gasteiger partial charge < -0.3 is 14.2 Å². The number of amides is 1. The van der Waals surface area contributed by atoms with Gasteiger partial charge in [0, 0.05) is 48.0 Å². The van der Waals surface area contributed by atoms with Crippen LogP contribution in [-0.4, -0.2) is 22.8 Å². The highest BCUT2D eigenvalue weighted by Gasteiger charge is 2.13. The van der Waals surface area contributed by atoms with Crippen LogP contribution in [0.5, 0.6) is 0 Å². The summed E-state index contributed by atoms with van der Waals surface area (Å²) in [4.78, 5) is 12.8. The molecule has 0 bridgehead atoms. The minimum atomic E-state index is -0.0723. The first-order valence-corrected chi connectivity index (χ1v) is 10.3. The van der Waals surface area contributed by atoms with E-state index in [1.54, 1.807) is 0 Å². The number of carbonyl (C=O) groups excluding carboxylic acids is 1. The molecule has 0 unspecified atom stereocenters. The Bertz CT molecular complexity index is 948. The molecular formula is C22H27N3OS. The van der Waals surface area contributed by atoms with Crippen molar-refractivity contribution in [2.75, 3.05) is 21.9 Å². The first kappa shape index (κ1) is 19.4. The highest BCUT2D eigenvalue weighted by atomic mass is 32.2. The van der Waals surface area contributed by atoms with Crippen molar-refractivity contribution in [2.24, 2.45) is 7.05 Å². The maximum Gasteiger partial charge on any atom is 0.255 e. The zero-order valence-corrected chi connectivity index (χ0v) is 17.3. The average molecular weight is 382 g/mol. The standard InChI is InChI=1S/C22H27N3OS/c1-5-13-27-25(6-2)19-9-10-20(16(3)14-19)22(26)23-18-8-7-17-11-12-24(4)21(17)15-18/h7-12,14-15H,5-6,13H2,1-4H3,(H,23,26). The Balaban J connectivity index is 1.78. The molecule has 0 atom stereocenters. The summed E-state index contributed by atoms with van der Waals surface area (Å²) in [5, 5.41) is 4.20. The van der Waals surface area contributed by atoms with Crippen molar-refractivity contribution >= 4 is 40.1 Å². The van der Waals surface area contributed by atoms with Gasteiger partial charge in [0.15, 0.2) is 0 Å². The fraction of sp³-hybridized carbons (Fsp3) is 0.318. The number of nitrogens with one attached hydrogen (secondary N) is 1. The third-order valence-corrected chi connectivity index (χ3v) is 6.00. The first-order valence-electron chi connectivity index (χ1n) is 9.41. The molecule has 3 aromatic rings. The van der Waals surface area contributed by atoms with Crippen LogP contribution in [0.4, 0.5) is 11.4 Å². The molecule has 0 aliphatic carbocycles. The van der Waals surface area contributed by atoms with Crippen molar-refractivity contribution < 1.29 is 4.79 Å². The molecule has 0 aliphatic rings. The monoisotopic (exact) mass is 381 g/mol. The summed E-state index contributed by atoms with van der Waals surface area (Å²) in [5.41, 5.74) is 4.76. The Morgan fingerprint density at radius 2 is 1.96 bits per heavy atom. The molecule has 0 radical (unpaired) electrons.